The highest BCUT2D eigenvalue weighted by molar-refractivity contribution is 5.95. The number of amides is 1. The van der Waals surface area contributed by atoms with Gasteiger partial charge >= 0.3 is 6.18 Å². The minimum Gasteiger partial charge on any atom is -0.377 e. The molecule has 2 rings (SSSR count). The Morgan fingerprint density at radius 2 is 2.26 bits per heavy atom. The van der Waals surface area contributed by atoms with Crippen LogP contribution in [0.25, 0.3) is 0 Å². The van der Waals surface area contributed by atoms with Crippen LogP contribution in [0.2, 0.25) is 0 Å². The molecule has 0 aliphatic carbocycles. The quantitative estimate of drug-likeness (QED) is 0.786. The van der Waals surface area contributed by atoms with Crippen LogP contribution in [0.3, 0.4) is 0 Å². The number of carbonyl (C=O) groups excluding carboxylic acids is 1. The number of alkyl halides is 3. The van der Waals surface area contributed by atoms with E-state index < -0.39 is 23.3 Å². The topological polar surface area (TPSA) is 42.4 Å². The zero-order chi connectivity index (χ0) is 14.0. The largest absolute Gasteiger partial charge is 0.434 e. The van der Waals surface area contributed by atoms with Crippen molar-refractivity contribution >= 4 is 5.91 Å². The van der Waals surface area contributed by atoms with Gasteiger partial charge in [0.15, 0.2) is 5.69 Å². The fraction of sp³-hybridized carbons (Fsp3) is 0.500. The van der Waals surface area contributed by atoms with Crippen LogP contribution in [0.1, 0.15) is 23.0 Å². The van der Waals surface area contributed by atoms with E-state index in [0.29, 0.717) is 13.2 Å². The van der Waals surface area contributed by atoms with Crippen molar-refractivity contribution < 1.29 is 22.7 Å². The molecule has 0 saturated carbocycles. The molecular formula is C12H13F3N2O2. The van der Waals surface area contributed by atoms with Gasteiger partial charge in [0.25, 0.3) is 5.91 Å². The van der Waals surface area contributed by atoms with E-state index in [1.807, 2.05) is 0 Å². The lowest BCUT2D eigenvalue weighted by Gasteiger charge is -2.33. The second-order valence-electron chi connectivity index (χ2n) is 4.32. The number of hydrogen-bond donors (Lipinski definition) is 0. The van der Waals surface area contributed by atoms with E-state index in [-0.39, 0.29) is 12.6 Å². The molecule has 0 N–H and O–H groups in total. The van der Waals surface area contributed by atoms with Crippen LogP contribution in [-0.2, 0) is 10.9 Å². The van der Waals surface area contributed by atoms with E-state index in [1.165, 1.54) is 11.0 Å². The molecule has 1 fully saturated rings. The number of pyridine rings is 1. The third-order valence-corrected chi connectivity index (χ3v) is 2.94. The Morgan fingerprint density at radius 3 is 2.89 bits per heavy atom. The molecule has 19 heavy (non-hydrogen) atoms. The molecule has 1 amide bonds. The van der Waals surface area contributed by atoms with E-state index in [2.05, 4.69) is 4.98 Å². The summed E-state index contributed by atoms with van der Waals surface area (Å²) in [7, 11) is 0. The molecule has 1 aliphatic heterocycles. The summed E-state index contributed by atoms with van der Waals surface area (Å²) < 4.78 is 43.6. The van der Waals surface area contributed by atoms with Gasteiger partial charge in [-0.05, 0) is 19.1 Å². The third kappa shape index (κ3) is 2.86. The Labute approximate surface area is 108 Å². The molecule has 0 radical (unpaired) electrons. The standard InChI is InChI=1S/C12H13F3N2O2/c1-8-7-19-6-5-17(8)11(18)9-3-2-4-16-10(9)12(13,14)15/h2-4,8H,5-7H2,1H3/t8-/m0/s1. The maximum atomic E-state index is 12.8. The zero-order valence-electron chi connectivity index (χ0n) is 10.3. The Balaban J connectivity index is 2.33. The van der Waals surface area contributed by atoms with Gasteiger partial charge in [0.2, 0.25) is 0 Å². The summed E-state index contributed by atoms with van der Waals surface area (Å²) in [5.74, 6) is -0.656. The molecule has 0 unspecified atom stereocenters. The van der Waals surface area contributed by atoms with Gasteiger partial charge in [-0.25, -0.2) is 0 Å². The maximum absolute atomic E-state index is 12.8. The molecule has 1 atom stereocenters. The molecule has 0 aromatic carbocycles. The molecule has 1 saturated heterocycles. The van der Waals surface area contributed by atoms with Crippen molar-refractivity contribution in [1.29, 1.82) is 0 Å². The van der Waals surface area contributed by atoms with E-state index >= 15 is 0 Å². The third-order valence-electron chi connectivity index (χ3n) is 2.94. The molecule has 1 aromatic rings. The predicted octanol–water partition coefficient (Wildman–Crippen LogP) is 1.96. The first-order chi connectivity index (χ1) is 8.91. The number of halogens is 3. The summed E-state index contributed by atoms with van der Waals surface area (Å²) in [4.78, 5) is 16.9. The highest BCUT2D eigenvalue weighted by Gasteiger charge is 2.38. The second kappa shape index (κ2) is 5.16. The number of hydrogen-bond acceptors (Lipinski definition) is 3. The van der Waals surface area contributed by atoms with Crippen molar-refractivity contribution in [3.8, 4) is 0 Å². The van der Waals surface area contributed by atoms with Crippen LogP contribution in [0, 0.1) is 0 Å². The maximum Gasteiger partial charge on any atom is 0.434 e. The molecule has 7 heteroatoms. The van der Waals surface area contributed by atoms with Gasteiger partial charge in [0.05, 0.1) is 24.8 Å². The molecule has 2 heterocycles. The van der Waals surface area contributed by atoms with Crippen molar-refractivity contribution in [2.45, 2.75) is 19.1 Å². The first kappa shape index (κ1) is 13.8. The first-order valence-corrected chi connectivity index (χ1v) is 5.82. The summed E-state index contributed by atoms with van der Waals surface area (Å²) in [5.41, 5.74) is -1.55. The van der Waals surface area contributed by atoms with Gasteiger partial charge in [0.1, 0.15) is 0 Å². The van der Waals surface area contributed by atoms with E-state index in [1.54, 1.807) is 6.92 Å². The van der Waals surface area contributed by atoms with Gasteiger partial charge in [-0.2, -0.15) is 13.2 Å². The molecule has 1 aliphatic rings. The van der Waals surface area contributed by atoms with Gasteiger partial charge in [-0.15, -0.1) is 0 Å². The van der Waals surface area contributed by atoms with Crippen molar-refractivity contribution in [3.63, 3.8) is 0 Å². The number of rotatable bonds is 1. The number of aromatic nitrogens is 1. The van der Waals surface area contributed by atoms with Crippen molar-refractivity contribution in [2.24, 2.45) is 0 Å². The first-order valence-electron chi connectivity index (χ1n) is 5.82. The van der Waals surface area contributed by atoms with Crippen LogP contribution >= 0.6 is 0 Å². The fourth-order valence-electron chi connectivity index (χ4n) is 1.99. The number of carbonyl (C=O) groups is 1. The Hall–Kier alpha value is -1.63. The average molecular weight is 274 g/mol. The van der Waals surface area contributed by atoms with E-state index in [4.69, 9.17) is 4.74 Å². The Morgan fingerprint density at radius 1 is 1.53 bits per heavy atom. The lowest BCUT2D eigenvalue weighted by molar-refractivity contribution is -0.141. The normalized spacial score (nSPS) is 20.4. The minimum absolute atomic E-state index is 0.248. The van der Waals surface area contributed by atoms with Crippen LogP contribution in [0.5, 0.6) is 0 Å². The SMILES string of the molecule is C[C@H]1COCCN1C(=O)c1cccnc1C(F)(F)F. The predicted molar refractivity (Wildman–Crippen MR) is 60.6 cm³/mol. The van der Waals surface area contributed by atoms with Crippen LogP contribution in [0.4, 0.5) is 13.2 Å². The molecule has 0 bridgehead atoms. The smallest absolute Gasteiger partial charge is 0.377 e. The summed E-state index contributed by atoms with van der Waals surface area (Å²) in [6, 6.07) is 2.23. The van der Waals surface area contributed by atoms with Crippen LogP contribution < -0.4 is 0 Å². The zero-order valence-corrected chi connectivity index (χ0v) is 10.3. The van der Waals surface area contributed by atoms with Crippen LogP contribution in [0.15, 0.2) is 18.3 Å². The lowest BCUT2D eigenvalue weighted by atomic mass is 10.1. The fourth-order valence-corrected chi connectivity index (χ4v) is 1.99. The molecule has 1 aromatic heterocycles. The molecule has 0 spiro atoms. The molecular weight excluding hydrogens is 261 g/mol. The summed E-state index contributed by atoms with van der Waals surface area (Å²) in [6.07, 6.45) is -3.61. The summed E-state index contributed by atoms with van der Waals surface area (Å²) in [5, 5.41) is 0. The molecule has 104 valence electrons. The van der Waals surface area contributed by atoms with Gasteiger partial charge in [-0.3, -0.25) is 9.78 Å². The molecule has 4 nitrogen and oxygen atoms in total. The number of nitrogens with zero attached hydrogens (tertiary/aromatic N) is 2. The van der Waals surface area contributed by atoms with Crippen molar-refractivity contribution in [1.82, 2.24) is 9.88 Å². The monoisotopic (exact) mass is 274 g/mol. The lowest BCUT2D eigenvalue weighted by Crippen LogP contribution is -2.47. The Bertz CT molecular complexity index is 476. The van der Waals surface area contributed by atoms with Crippen LogP contribution in [-0.4, -0.2) is 41.6 Å². The van der Waals surface area contributed by atoms with Gasteiger partial charge in [-0.1, -0.05) is 0 Å². The highest BCUT2D eigenvalue weighted by atomic mass is 19.4. The van der Waals surface area contributed by atoms with E-state index in [0.717, 1.165) is 12.3 Å². The second-order valence-corrected chi connectivity index (χ2v) is 4.32. The van der Waals surface area contributed by atoms with Gasteiger partial charge < -0.3 is 9.64 Å². The minimum atomic E-state index is -4.64. The number of ether oxygens (including phenoxy) is 1. The average Bonchev–Trinajstić information content (AvgIpc) is 2.37. The van der Waals surface area contributed by atoms with Crippen molar-refractivity contribution in [2.75, 3.05) is 19.8 Å². The number of morpholine rings is 1. The Kier molecular flexibility index (Phi) is 3.75. The van der Waals surface area contributed by atoms with Crippen molar-refractivity contribution in [3.05, 3.63) is 29.6 Å². The summed E-state index contributed by atoms with van der Waals surface area (Å²) >= 11 is 0. The highest BCUT2D eigenvalue weighted by Crippen LogP contribution is 2.31. The van der Waals surface area contributed by atoms with E-state index in [9.17, 15) is 18.0 Å². The van der Waals surface area contributed by atoms with Gasteiger partial charge in [0, 0.05) is 12.7 Å². The summed E-state index contributed by atoms with van der Waals surface area (Å²) in [6.45, 7) is 2.68.